The molecule has 6 heteroatoms. The average Bonchev–Trinajstić information content (AvgIpc) is 2.66. The minimum atomic E-state index is 0.391. The van der Waals surface area contributed by atoms with E-state index in [1.54, 1.807) is 0 Å². The number of ether oxygens (including phenoxy) is 1. The van der Waals surface area contributed by atoms with Crippen LogP contribution in [0.5, 0.6) is 5.75 Å². The number of benzene rings is 1. The molecule has 0 N–H and O–H groups in total. The highest BCUT2D eigenvalue weighted by Gasteiger charge is 2.05. The van der Waals surface area contributed by atoms with Crippen molar-refractivity contribution in [2.75, 3.05) is 0 Å². The SMILES string of the molecule is Cc1ccc(Br)cc1OCc1nnc(Cl)s1. The molecule has 0 aliphatic carbocycles. The Labute approximate surface area is 111 Å². The van der Waals surface area contributed by atoms with Gasteiger partial charge in [0.05, 0.1) is 0 Å². The number of aromatic nitrogens is 2. The number of aryl methyl sites for hydroxylation is 1. The Morgan fingerprint density at radius 3 is 2.94 bits per heavy atom. The van der Waals surface area contributed by atoms with Gasteiger partial charge < -0.3 is 4.74 Å². The van der Waals surface area contributed by atoms with Gasteiger partial charge in [0.25, 0.3) is 0 Å². The molecule has 1 aromatic carbocycles. The molecule has 1 heterocycles. The highest BCUT2D eigenvalue weighted by Crippen LogP contribution is 2.24. The lowest BCUT2D eigenvalue weighted by Crippen LogP contribution is -1.96. The predicted molar refractivity (Wildman–Crippen MR) is 68.1 cm³/mol. The van der Waals surface area contributed by atoms with Gasteiger partial charge in [0.2, 0.25) is 4.47 Å². The summed E-state index contributed by atoms with van der Waals surface area (Å²) >= 11 is 10.4. The van der Waals surface area contributed by atoms with Crippen LogP contribution in [0.4, 0.5) is 0 Å². The maximum atomic E-state index is 5.68. The summed E-state index contributed by atoms with van der Waals surface area (Å²) in [6.45, 7) is 2.39. The summed E-state index contributed by atoms with van der Waals surface area (Å²) in [4.78, 5) is 0. The van der Waals surface area contributed by atoms with Crippen LogP contribution in [0.1, 0.15) is 10.6 Å². The Balaban J connectivity index is 2.07. The van der Waals surface area contributed by atoms with E-state index in [1.807, 2.05) is 25.1 Å². The first-order valence-electron chi connectivity index (χ1n) is 4.52. The third-order valence-corrected chi connectivity index (χ3v) is 3.43. The van der Waals surface area contributed by atoms with Crippen molar-refractivity contribution in [1.82, 2.24) is 10.2 Å². The van der Waals surface area contributed by atoms with Gasteiger partial charge in [-0.05, 0) is 36.2 Å². The number of hydrogen-bond acceptors (Lipinski definition) is 4. The van der Waals surface area contributed by atoms with Crippen molar-refractivity contribution in [2.24, 2.45) is 0 Å². The molecular formula is C10H8BrClN2OS. The van der Waals surface area contributed by atoms with E-state index in [9.17, 15) is 0 Å². The Morgan fingerprint density at radius 2 is 2.25 bits per heavy atom. The van der Waals surface area contributed by atoms with E-state index in [2.05, 4.69) is 26.1 Å². The molecule has 0 saturated carbocycles. The average molecular weight is 320 g/mol. The van der Waals surface area contributed by atoms with Gasteiger partial charge in [0.1, 0.15) is 12.4 Å². The lowest BCUT2D eigenvalue weighted by Gasteiger charge is -2.07. The van der Waals surface area contributed by atoms with Crippen LogP contribution in [0.25, 0.3) is 0 Å². The first-order chi connectivity index (χ1) is 7.65. The van der Waals surface area contributed by atoms with E-state index >= 15 is 0 Å². The number of hydrogen-bond donors (Lipinski definition) is 0. The van der Waals surface area contributed by atoms with Crippen molar-refractivity contribution in [1.29, 1.82) is 0 Å². The van der Waals surface area contributed by atoms with Gasteiger partial charge in [-0.2, -0.15) is 0 Å². The lowest BCUT2D eigenvalue weighted by atomic mass is 10.2. The van der Waals surface area contributed by atoms with Gasteiger partial charge in [-0.25, -0.2) is 0 Å². The fourth-order valence-corrected chi connectivity index (χ4v) is 2.28. The van der Waals surface area contributed by atoms with Gasteiger partial charge >= 0.3 is 0 Å². The Bertz CT molecular complexity index is 503. The van der Waals surface area contributed by atoms with Gasteiger partial charge in [0, 0.05) is 4.47 Å². The molecule has 0 aliphatic rings. The summed E-state index contributed by atoms with van der Waals surface area (Å²) in [6, 6.07) is 5.90. The van der Waals surface area contributed by atoms with Gasteiger partial charge in [-0.3, -0.25) is 0 Å². The molecule has 2 aromatic rings. The summed E-state index contributed by atoms with van der Waals surface area (Å²) in [6.07, 6.45) is 0. The zero-order chi connectivity index (χ0) is 11.5. The normalized spacial score (nSPS) is 10.4. The van der Waals surface area contributed by atoms with Crippen LogP contribution in [0.15, 0.2) is 22.7 Å². The van der Waals surface area contributed by atoms with E-state index in [0.29, 0.717) is 11.1 Å². The molecule has 0 spiro atoms. The molecular weight excluding hydrogens is 312 g/mol. The maximum Gasteiger partial charge on any atom is 0.207 e. The van der Waals surface area contributed by atoms with Crippen molar-refractivity contribution in [3.8, 4) is 5.75 Å². The standard InChI is InChI=1S/C10H8BrClN2OS/c1-6-2-3-7(11)4-8(6)15-5-9-13-14-10(12)16-9/h2-4H,5H2,1H3. The molecule has 16 heavy (non-hydrogen) atoms. The summed E-state index contributed by atoms with van der Waals surface area (Å²) < 4.78 is 7.06. The van der Waals surface area contributed by atoms with E-state index < -0.39 is 0 Å². The van der Waals surface area contributed by atoms with Crippen molar-refractivity contribution in [3.63, 3.8) is 0 Å². The molecule has 0 radical (unpaired) electrons. The molecule has 0 unspecified atom stereocenters. The predicted octanol–water partition coefficient (Wildman–Crippen LogP) is 3.84. The molecule has 0 saturated heterocycles. The first kappa shape index (κ1) is 11.8. The molecule has 0 atom stereocenters. The summed E-state index contributed by atoms with van der Waals surface area (Å²) in [5, 5.41) is 8.36. The van der Waals surface area contributed by atoms with Gasteiger partial charge in [0.15, 0.2) is 5.01 Å². The van der Waals surface area contributed by atoms with Gasteiger partial charge in [-0.15, -0.1) is 10.2 Å². The van der Waals surface area contributed by atoms with Crippen LogP contribution in [0.3, 0.4) is 0 Å². The molecule has 2 rings (SSSR count). The topological polar surface area (TPSA) is 35.0 Å². The molecule has 1 aromatic heterocycles. The third kappa shape index (κ3) is 2.93. The van der Waals surface area contributed by atoms with Crippen LogP contribution in [0, 0.1) is 6.92 Å². The second-order valence-electron chi connectivity index (χ2n) is 3.15. The minimum absolute atomic E-state index is 0.391. The summed E-state index contributed by atoms with van der Waals surface area (Å²) in [5.41, 5.74) is 1.08. The summed E-state index contributed by atoms with van der Waals surface area (Å²) in [5.74, 6) is 0.834. The van der Waals surface area contributed by atoms with E-state index in [4.69, 9.17) is 16.3 Å². The minimum Gasteiger partial charge on any atom is -0.486 e. The fraction of sp³-hybridized carbons (Fsp3) is 0.200. The highest BCUT2D eigenvalue weighted by molar-refractivity contribution is 9.10. The van der Waals surface area contributed by atoms with Crippen molar-refractivity contribution >= 4 is 38.9 Å². The fourth-order valence-electron chi connectivity index (χ4n) is 1.16. The first-order valence-corrected chi connectivity index (χ1v) is 6.51. The van der Waals surface area contributed by atoms with Crippen molar-refractivity contribution in [3.05, 3.63) is 37.7 Å². The van der Waals surface area contributed by atoms with E-state index in [-0.39, 0.29) is 0 Å². The van der Waals surface area contributed by atoms with E-state index in [1.165, 1.54) is 11.3 Å². The second-order valence-corrected chi connectivity index (χ2v) is 5.71. The summed E-state index contributed by atoms with van der Waals surface area (Å²) in [7, 11) is 0. The van der Waals surface area contributed by atoms with Crippen LogP contribution in [-0.4, -0.2) is 10.2 Å². The van der Waals surface area contributed by atoms with Crippen LogP contribution in [0.2, 0.25) is 4.47 Å². The van der Waals surface area contributed by atoms with Crippen LogP contribution in [-0.2, 0) is 6.61 Å². The number of nitrogens with zero attached hydrogens (tertiary/aromatic N) is 2. The molecule has 0 bridgehead atoms. The third-order valence-electron chi connectivity index (χ3n) is 1.94. The Hall–Kier alpha value is -0.650. The molecule has 0 amide bonds. The molecule has 84 valence electrons. The molecule has 3 nitrogen and oxygen atoms in total. The Morgan fingerprint density at radius 1 is 1.44 bits per heavy atom. The van der Waals surface area contributed by atoms with Gasteiger partial charge in [-0.1, -0.05) is 33.3 Å². The van der Waals surface area contributed by atoms with Crippen molar-refractivity contribution in [2.45, 2.75) is 13.5 Å². The zero-order valence-electron chi connectivity index (χ0n) is 8.41. The zero-order valence-corrected chi connectivity index (χ0v) is 11.6. The molecule has 0 aliphatic heterocycles. The van der Waals surface area contributed by atoms with Crippen LogP contribution < -0.4 is 4.74 Å². The quantitative estimate of drug-likeness (QED) is 0.862. The smallest absolute Gasteiger partial charge is 0.207 e. The largest absolute Gasteiger partial charge is 0.486 e. The lowest BCUT2D eigenvalue weighted by molar-refractivity contribution is 0.302. The monoisotopic (exact) mass is 318 g/mol. The van der Waals surface area contributed by atoms with E-state index in [0.717, 1.165) is 20.8 Å². The van der Waals surface area contributed by atoms with Crippen LogP contribution >= 0.6 is 38.9 Å². The molecule has 0 fully saturated rings. The second kappa shape index (κ2) is 5.12. The Kier molecular flexibility index (Phi) is 3.78. The maximum absolute atomic E-state index is 5.68. The number of rotatable bonds is 3. The van der Waals surface area contributed by atoms with Crippen molar-refractivity contribution < 1.29 is 4.74 Å². The number of halogens is 2. The highest BCUT2D eigenvalue weighted by atomic mass is 79.9.